The first-order valence-electron chi connectivity index (χ1n) is 9.05. The number of hydrogen-bond donors (Lipinski definition) is 1. The zero-order valence-corrected chi connectivity index (χ0v) is 17.2. The van der Waals surface area contributed by atoms with Gasteiger partial charge in [-0.2, -0.15) is 18.3 Å². The molecule has 2 heterocycles. The van der Waals surface area contributed by atoms with E-state index < -0.39 is 28.9 Å². The summed E-state index contributed by atoms with van der Waals surface area (Å²) in [5, 5.41) is 4.71. The van der Waals surface area contributed by atoms with Crippen LogP contribution in [0.5, 0.6) is 0 Å². The van der Waals surface area contributed by atoms with Crippen LogP contribution in [-0.2, 0) is 19.1 Å². The molecule has 0 amide bonds. The maximum absolute atomic E-state index is 13.7. The number of rotatable bonds is 6. The van der Waals surface area contributed by atoms with Crippen molar-refractivity contribution in [2.45, 2.75) is 33.0 Å². The van der Waals surface area contributed by atoms with Gasteiger partial charge in [0.05, 0.1) is 27.0 Å². The molecule has 0 aliphatic carbocycles. The number of alkyl halides is 3. The predicted molar refractivity (Wildman–Crippen MR) is 108 cm³/mol. The Bertz CT molecular complexity index is 1180. The second-order valence-corrected chi connectivity index (χ2v) is 7.71. The molecule has 0 aliphatic rings. The van der Waals surface area contributed by atoms with Crippen LogP contribution >= 0.6 is 11.3 Å². The molecular weight excluding hydrogens is 439 g/mol. The van der Waals surface area contributed by atoms with E-state index in [0.717, 1.165) is 22.8 Å². The van der Waals surface area contributed by atoms with Gasteiger partial charge in [0.1, 0.15) is 11.4 Å². The van der Waals surface area contributed by atoms with Crippen molar-refractivity contribution >= 4 is 22.7 Å². The summed E-state index contributed by atoms with van der Waals surface area (Å²) in [6.07, 6.45) is -3.16. The largest absolute Gasteiger partial charge is 0.421 e. The van der Waals surface area contributed by atoms with Gasteiger partial charge >= 0.3 is 6.18 Å². The van der Waals surface area contributed by atoms with E-state index in [9.17, 15) is 26.7 Å². The fraction of sp³-hybridized carbons (Fsp3) is 0.250. The van der Waals surface area contributed by atoms with Gasteiger partial charge in [0.25, 0.3) is 5.56 Å². The minimum Gasteiger partial charge on any atom is -0.315 e. The summed E-state index contributed by atoms with van der Waals surface area (Å²) in [5.74, 6) is -1.49. The first-order valence-corrected chi connectivity index (χ1v) is 9.86. The number of aryl methyl sites for hydroxylation is 3. The molecule has 3 aromatic rings. The van der Waals surface area contributed by atoms with Crippen LogP contribution in [0.2, 0.25) is 0 Å². The summed E-state index contributed by atoms with van der Waals surface area (Å²) in [7, 11) is 0. The number of anilines is 1. The molecule has 1 aromatic carbocycles. The fourth-order valence-corrected chi connectivity index (χ4v) is 3.81. The predicted octanol–water partition coefficient (Wildman–Crippen LogP) is 4.99. The monoisotopic (exact) mass is 456 g/mol. The van der Waals surface area contributed by atoms with Crippen LogP contribution in [0, 0.1) is 18.6 Å². The highest BCUT2D eigenvalue weighted by Gasteiger charge is 2.34. The third-order valence-corrected chi connectivity index (χ3v) is 5.66. The van der Waals surface area contributed by atoms with E-state index in [1.54, 1.807) is 13.8 Å². The van der Waals surface area contributed by atoms with Crippen LogP contribution in [0.4, 0.5) is 27.6 Å². The number of aromatic nitrogens is 2. The number of hydrogen-bond acceptors (Lipinski definition) is 5. The number of pyridine rings is 1. The Labute approximate surface area is 177 Å². The molecule has 31 heavy (non-hydrogen) atoms. The van der Waals surface area contributed by atoms with Crippen LogP contribution in [0.25, 0.3) is 0 Å². The van der Waals surface area contributed by atoms with Gasteiger partial charge < -0.3 is 4.57 Å². The highest BCUT2D eigenvalue weighted by atomic mass is 32.1. The Morgan fingerprint density at radius 1 is 1.26 bits per heavy atom. The van der Waals surface area contributed by atoms with Crippen LogP contribution < -0.4 is 11.0 Å². The SMILES string of the molecule is C/C(=N/Nc1ccc(F)cc1F)c1sc(CCn2cccc(C(F)(F)F)c2=O)nc1C. The standard InChI is InChI=1S/C20H17F5N4OS/c1-11-18(12(2)27-28-16-6-5-13(21)10-15(16)22)31-17(26-11)7-9-29-8-3-4-14(19(29)30)20(23,24)25/h3-6,8,10,28H,7,9H2,1-2H3/b27-12-. The Morgan fingerprint density at radius 3 is 2.68 bits per heavy atom. The van der Waals surface area contributed by atoms with Crippen LogP contribution in [0.3, 0.4) is 0 Å². The molecule has 5 nitrogen and oxygen atoms in total. The highest BCUT2D eigenvalue weighted by molar-refractivity contribution is 7.13. The Kier molecular flexibility index (Phi) is 6.54. The van der Waals surface area contributed by atoms with Crippen molar-refractivity contribution in [3.05, 3.63) is 79.7 Å². The zero-order valence-electron chi connectivity index (χ0n) is 16.4. The van der Waals surface area contributed by atoms with E-state index in [0.29, 0.717) is 21.3 Å². The zero-order chi connectivity index (χ0) is 22.8. The van der Waals surface area contributed by atoms with E-state index in [-0.39, 0.29) is 18.7 Å². The summed E-state index contributed by atoms with van der Waals surface area (Å²) in [6, 6.07) is 4.99. The maximum Gasteiger partial charge on any atom is 0.421 e. The van der Waals surface area contributed by atoms with E-state index >= 15 is 0 Å². The first-order chi connectivity index (χ1) is 14.6. The lowest BCUT2D eigenvalue weighted by atomic mass is 10.2. The maximum atomic E-state index is 13.7. The van der Waals surface area contributed by atoms with Crippen LogP contribution in [-0.4, -0.2) is 15.3 Å². The average Bonchev–Trinajstić information content (AvgIpc) is 3.06. The van der Waals surface area contributed by atoms with E-state index in [1.165, 1.54) is 29.7 Å². The van der Waals surface area contributed by atoms with Crippen molar-refractivity contribution in [1.82, 2.24) is 9.55 Å². The molecule has 0 spiro atoms. The molecule has 164 valence electrons. The molecule has 0 radical (unpaired) electrons. The number of hydrazone groups is 1. The lowest BCUT2D eigenvalue weighted by Crippen LogP contribution is -2.28. The van der Waals surface area contributed by atoms with Gasteiger partial charge in [0, 0.05) is 25.2 Å². The molecule has 1 N–H and O–H groups in total. The van der Waals surface area contributed by atoms with Crippen molar-refractivity contribution in [2.75, 3.05) is 5.43 Å². The summed E-state index contributed by atoms with van der Waals surface area (Å²) < 4.78 is 66.4. The Morgan fingerprint density at radius 2 is 2.00 bits per heavy atom. The molecule has 0 saturated heterocycles. The number of thiazole rings is 1. The molecule has 3 rings (SSSR count). The van der Waals surface area contributed by atoms with E-state index in [2.05, 4.69) is 15.5 Å². The van der Waals surface area contributed by atoms with Gasteiger partial charge in [-0.25, -0.2) is 13.8 Å². The molecule has 0 unspecified atom stereocenters. The van der Waals surface area contributed by atoms with Crippen LogP contribution in [0.15, 0.2) is 46.4 Å². The first kappa shape index (κ1) is 22.6. The molecular formula is C20H17F5N4OS. The number of nitrogens with one attached hydrogen (secondary N) is 1. The lowest BCUT2D eigenvalue weighted by molar-refractivity contribution is -0.139. The Hall–Kier alpha value is -3.08. The van der Waals surface area contributed by atoms with Gasteiger partial charge in [-0.15, -0.1) is 11.3 Å². The van der Waals surface area contributed by atoms with Crippen molar-refractivity contribution in [3.8, 4) is 0 Å². The Balaban J connectivity index is 1.73. The highest BCUT2D eigenvalue weighted by Crippen LogP contribution is 2.26. The molecule has 2 aromatic heterocycles. The minimum atomic E-state index is -4.71. The molecule has 0 bridgehead atoms. The smallest absolute Gasteiger partial charge is 0.315 e. The summed E-state index contributed by atoms with van der Waals surface area (Å²) in [4.78, 5) is 17.1. The normalized spacial score (nSPS) is 12.3. The second kappa shape index (κ2) is 8.96. The van der Waals surface area contributed by atoms with Gasteiger partial charge in [-0.3, -0.25) is 10.2 Å². The number of nitrogens with zero attached hydrogens (tertiary/aromatic N) is 3. The summed E-state index contributed by atoms with van der Waals surface area (Å²) in [5.41, 5.74) is 1.36. The third-order valence-electron chi connectivity index (χ3n) is 4.34. The molecule has 11 heteroatoms. The van der Waals surface area contributed by atoms with Crippen molar-refractivity contribution < 1.29 is 22.0 Å². The number of benzene rings is 1. The summed E-state index contributed by atoms with van der Waals surface area (Å²) >= 11 is 1.27. The average molecular weight is 456 g/mol. The van der Waals surface area contributed by atoms with Crippen molar-refractivity contribution in [2.24, 2.45) is 5.10 Å². The van der Waals surface area contributed by atoms with Gasteiger partial charge in [0.2, 0.25) is 0 Å². The fourth-order valence-electron chi connectivity index (χ4n) is 2.81. The van der Waals surface area contributed by atoms with Crippen molar-refractivity contribution in [3.63, 3.8) is 0 Å². The quantitative estimate of drug-likeness (QED) is 0.323. The third kappa shape index (κ3) is 5.35. The molecule has 0 fully saturated rings. The van der Waals surface area contributed by atoms with Gasteiger partial charge in [0.15, 0.2) is 5.82 Å². The molecule has 0 aliphatic heterocycles. The molecule has 0 atom stereocenters. The van der Waals surface area contributed by atoms with Crippen molar-refractivity contribution in [1.29, 1.82) is 0 Å². The van der Waals surface area contributed by atoms with E-state index in [4.69, 9.17) is 0 Å². The summed E-state index contributed by atoms with van der Waals surface area (Å²) in [6.45, 7) is 3.45. The van der Waals surface area contributed by atoms with E-state index in [1.807, 2.05) is 0 Å². The lowest BCUT2D eigenvalue weighted by Gasteiger charge is -2.09. The van der Waals surface area contributed by atoms with Crippen LogP contribution in [0.1, 0.15) is 28.1 Å². The van der Waals surface area contributed by atoms with Gasteiger partial charge in [-0.1, -0.05) is 0 Å². The van der Waals surface area contributed by atoms with Gasteiger partial charge in [-0.05, 0) is 38.1 Å². The second-order valence-electron chi connectivity index (χ2n) is 6.62. The minimum absolute atomic E-state index is 0.00654. The molecule has 0 saturated carbocycles. The number of halogens is 5. The topological polar surface area (TPSA) is 59.3 Å².